The molecule has 2 aromatic rings. The molecule has 32 heavy (non-hydrogen) atoms. The number of nitrogens with zero attached hydrogens (tertiary/aromatic N) is 4. The molecule has 1 aliphatic rings. The second-order valence-electron chi connectivity index (χ2n) is 7.23. The minimum Gasteiger partial charge on any atom is -0.857 e. The summed E-state index contributed by atoms with van der Waals surface area (Å²) in [6.07, 6.45) is -0.0637. The van der Waals surface area contributed by atoms with Gasteiger partial charge in [-0.25, -0.2) is 0 Å². The minimum atomic E-state index is -0.792. The van der Waals surface area contributed by atoms with Crippen LogP contribution in [0.25, 0.3) is 0 Å². The first-order valence-electron chi connectivity index (χ1n) is 9.60. The van der Waals surface area contributed by atoms with Crippen LogP contribution >= 0.6 is 23.2 Å². The van der Waals surface area contributed by atoms with Crippen molar-refractivity contribution >= 4 is 52.1 Å². The van der Waals surface area contributed by atoms with E-state index in [1.54, 1.807) is 12.1 Å². The van der Waals surface area contributed by atoms with Crippen molar-refractivity contribution in [3.05, 3.63) is 68.7 Å². The van der Waals surface area contributed by atoms with Crippen molar-refractivity contribution in [2.75, 3.05) is 30.9 Å². The van der Waals surface area contributed by atoms with Crippen molar-refractivity contribution in [2.24, 2.45) is 10.1 Å². The molecule has 0 saturated heterocycles. The Bertz CT molecular complexity index is 1140. The van der Waals surface area contributed by atoms with E-state index >= 15 is 0 Å². The van der Waals surface area contributed by atoms with Crippen molar-refractivity contribution in [3.8, 4) is 0 Å². The van der Waals surface area contributed by atoms with Crippen LogP contribution in [0, 0.1) is 12.1 Å². The zero-order valence-corrected chi connectivity index (χ0v) is 19.2. The molecule has 0 aromatic heterocycles. The lowest BCUT2D eigenvalue weighted by Gasteiger charge is -2.21. The molecule has 0 radical (unpaired) electrons. The molecule has 0 aliphatic carbocycles. The van der Waals surface area contributed by atoms with Gasteiger partial charge in [-0.15, -0.1) is 0 Å². The van der Waals surface area contributed by atoms with E-state index in [0.29, 0.717) is 15.6 Å². The lowest BCUT2D eigenvalue weighted by molar-refractivity contribution is -0.524. The van der Waals surface area contributed by atoms with Crippen molar-refractivity contribution in [3.63, 3.8) is 0 Å². The predicted octanol–water partition coefficient (Wildman–Crippen LogP) is 3.52. The van der Waals surface area contributed by atoms with Crippen molar-refractivity contribution in [1.82, 2.24) is 5.32 Å². The van der Waals surface area contributed by atoms with Gasteiger partial charge in [-0.2, -0.15) is 0 Å². The molecule has 1 aliphatic heterocycles. The number of nitrogens with one attached hydrogen (secondary N) is 2. The van der Waals surface area contributed by atoms with Gasteiger partial charge in [0.1, 0.15) is 0 Å². The Morgan fingerprint density at radius 3 is 2.69 bits per heavy atom. The average molecular weight is 476 g/mol. The molecule has 2 N–H and O–H groups in total. The molecule has 0 bridgehead atoms. The summed E-state index contributed by atoms with van der Waals surface area (Å²) in [5.41, 5.74) is 2.31. The zero-order valence-electron chi connectivity index (χ0n) is 17.6. The Hall–Kier alpha value is -3.30. The van der Waals surface area contributed by atoms with Gasteiger partial charge < -0.3 is 25.8 Å². The number of rotatable bonds is 5. The summed E-state index contributed by atoms with van der Waals surface area (Å²) in [5, 5.41) is 35.0. The van der Waals surface area contributed by atoms with Crippen LogP contribution in [0.3, 0.4) is 0 Å². The molecule has 1 amide bonds. The first-order valence-corrected chi connectivity index (χ1v) is 10.4. The summed E-state index contributed by atoms with van der Waals surface area (Å²) in [6.45, 7) is 1.72. The third-order valence-corrected chi connectivity index (χ3v) is 5.12. The molecule has 0 fully saturated rings. The third kappa shape index (κ3) is 5.68. The van der Waals surface area contributed by atoms with E-state index in [2.05, 4.69) is 20.7 Å². The minimum absolute atomic E-state index is 0.0637. The van der Waals surface area contributed by atoms with Crippen LogP contribution in [0.4, 0.5) is 17.1 Å². The molecule has 0 unspecified atom stereocenters. The van der Waals surface area contributed by atoms with Gasteiger partial charge in [-0.3, -0.25) is 9.79 Å². The van der Waals surface area contributed by atoms with Gasteiger partial charge in [0.05, 0.1) is 22.8 Å². The Kier molecular flexibility index (Phi) is 7.22. The van der Waals surface area contributed by atoms with Crippen LogP contribution in [-0.4, -0.2) is 37.3 Å². The average Bonchev–Trinajstić information content (AvgIpc) is 2.89. The quantitative estimate of drug-likeness (QED) is 0.296. The molecule has 0 spiro atoms. The maximum absolute atomic E-state index is 13.2. The smallest absolute Gasteiger partial charge is 0.232 e. The summed E-state index contributed by atoms with van der Waals surface area (Å²) in [5.74, 6) is -1.47. The highest BCUT2D eigenvalue weighted by molar-refractivity contribution is 6.35. The molecule has 0 saturated carbocycles. The van der Waals surface area contributed by atoms with E-state index in [9.17, 15) is 15.1 Å². The molecule has 1 heterocycles. The Labute approximate surface area is 195 Å². The maximum Gasteiger partial charge on any atom is 0.232 e. The number of hydrogen-bond acceptors (Lipinski definition) is 7. The van der Waals surface area contributed by atoms with Crippen LogP contribution in [0.5, 0.6) is 0 Å². The van der Waals surface area contributed by atoms with E-state index in [0.717, 1.165) is 11.3 Å². The molecule has 168 valence electrons. The maximum atomic E-state index is 13.2. The number of hydrogen-bond donors (Lipinski definition) is 2. The van der Waals surface area contributed by atoms with Crippen molar-refractivity contribution in [1.29, 1.82) is 0 Å². The Morgan fingerprint density at radius 2 is 2.00 bits per heavy atom. The van der Waals surface area contributed by atoms with Crippen LogP contribution in [0.15, 0.2) is 58.0 Å². The summed E-state index contributed by atoms with van der Waals surface area (Å²) >= 11 is 12.1. The number of halogens is 2. The molecular formula is C21H21Cl2N6O3-. The van der Waals surface area contributed by atoms with Gasteiger partial charge in [-0.1, -0.05) is 28.1 Å². The predicted molar refractivity (Wildman–Crippen MR) is 123 cm³/mol. The zero-order chi connectivity index (χ0) is 23.4. The van der Waals surface area contributed by atoms with E-state index in [-0.39, 0.29) is 35.2 Å². The summed E-state index contributed by atoms with van der Waals surface area (Å²) < 4.78 is 0. The number of hydroxylamine groups is 1. The molecule has 2 aromatic carbocycles. The number of carbonyl (C=O) groups excluding carboxylic acids is 1. The molecule has 9 nitrogen and oxygen atoms in total. The van der Waals surface area contributed by atoms with Gasteiger partial charge in [0.2, 0.25) is 11.7 Å². The number of anilines is 2. The number of azo groups is 1. The normalized spacial score (nSPS) is 16.1. The fourth-order valence-corrected chi connectivity index (χ4v) is 3.17. The van der Waals surface area contributed by atoms with Crippen molar-refractivity contribution in [2.45, 2.75) is 13.3 Å². The number of aliphatic imine (C=N–C) groups is 1. The van der Waals surface area contributed by atoms with E-state index < -0.39 is 11.8 Å². The van der Waals surface area contributed by atoms with Crippen LogP contribution < -0.4 is 20.6 Å². The number of amides is 1. The monoisotopic (exact) mass is 475 g/mol. The number of carbonyl (C=O) groups is 1. The summed E-state index contributed by atoms with van der Waals surface area (Å²) in [6, 6.07) is 10.1. The second-order valence-corrected chi connectivity index (χ2v) is 8.07. The highest BCUT2D eigenvalue weighted by Gasteiger charge is 2.20. The standard InChI is InChI=1S/C21H22Cl2N6O3/c1-12-10-14(28(2)3)5-7-16(12)24-19(20-26-18(30)8-9-29(32)27-20)21(31)25-17-11-13(22)4-6-15(17)23/h4-7,10-11,24H,8-9H2,1-3H3,(H,25,31)(H,26,30)/p-1. The first-order chi connectivity index (χ1) is 15.1. The lowest BCUT2D eigenvalue weighted by Crippen LogP contribution is -2.31. The van der Waals surface area contributed by atoms with Gasteiger partial charge in [0, 0.05) is 41.5 Å². The SMILES string of the molecule is Cc1cc(N(C)C)ccc1NC(C([O-])=Nc1cc(Cl)ccc1Cl)=C1N=[N+]([O-])CCC(=O)N1. The van der Waals surface area contributed by atoms with E-state index in [1.165, 1.54) is 12.1 Å². The van der Waals surface area contributed by atoms with Gasteiger partial charge in [0.25, 0.3) is 0 Å². The summed E-state index contributed by atoms with van der Waals surface area (Å²) in [4.78, 5) is 18.4. The molecule has 3 rings (SSSR count). The molecular weight excluding hydrogens is 455 g/mol. The molecule has 11 heteroatoms. The van der Waals surface area contributed by atoms with E-state index in [1.807, 2.05) is 38.1 Å². The fraction of sp³-hybridized carbons (Fsp3) is 0.238. The van der Waals surface area contributed by atoms with Crippen molar-refractivity contribution < 1.29 is 14.8 Å². The van der Waals surface area contributed by atoms with Gasteiger partial charge >= 0.3 is 0 Å². The fourth-order valence-electron chi connectivity index (χ4n) is 2.84. The van der Waals surface area contributed by atoms with Gasteiger partial charge in [-0.05, 0) is 48.9 Å². The van der Waals surface area contributed by atoms with Crippen LogP contribution in [0.1, 0.15) is 12.0 Å². The topological polar surface area (TPSA) is 118 Å². The Morgan fingerprint density at radius 1 is 1.25 bits per heavy atom. The number of benzene rings is 2. The van der Waals surface area contributed by atoms with E-state index in [4.69, 9.17) is 23.2 Å². The molecule has 0 atom stereocenters. The highest BCUT2D eigenvalue weighted by atomic mass is 35.5. The highest BCUT2D eigenvalue weighted by Crippen LogP contribution is 2.29. The van der Waals surface area contributed by atoms with Crippen LogP contribution in [-0.2, 0) is 4.79 Å². The third-order valence-electron chi connectivity index (χ3n) is 4.57. The summed E-state index contributed by atoms with van der Waals surface area (Å²) in [7, 11) is 3.82. The second kappa shape index (κ2) is 9.88. The Balaban J connectivity index is 2.13. The van der Waals surface area contributed by atoms with Crippen LogP contribution in [0.2, 0.25) is 10.0 Å². The lowest BCUT2D eigenvalue weighted by atomic mass is 10.1. The number of aryl methyl sites for hydroxylation is 1. The van der Waals surface area contributed by atoms with Gasteiger partial charge in [0.15, 0.2) is 6.54 Å². The largest absolute Gasteiger partial charge is 0.857 e. The first kappa shape index (κ1) is 23.4.